The number of hydrogen-bond donors (Lipinski definition) is 3. The molecule has 0 aromatic heterocycles. The monoisotopic (exact) mass is 417 g/mol. The number of para-hydroxylation sites is 1. The molecule has 0 fully saturated rings. The van der Waals surface area contributed by atoms with Gasteiger partial charge in [-0.3, -0.25) is 9.59 Å². The van der Waals surface area contributed by atoms with Crippen LogP contribution in [0.15, 0.2) is 78.9 Å². The van der Waals surface area contributed by atoms with Gasteiger partial charge in [0.2, 0.25) is 5.91 Å². The SMILES string of the molecule is CCC(C)NC(=O)c1cccc(NCC(=O)Nc2ccc(Oc3ccccc3)cc2)c1. The number of carbonyl (C=O) groups is 2. The van der Waals surface area contributed by atoms with Crippen LogP contribution in [0.5, 0.6) is 11.5 Å². The molecule has 0 aliphatic heterocycles. The van der Waals surface area contributed by atoms with Crippen molar-refractivity contribution in [3.63, 3.8) is 0 Å². The van der Waals surface area contributed by atoms with Crippen LogP contribution in [0.1, 0.15) is 30.6 Å². The molecule has 0 saturated heterocycles. The summed E-state index contributed by atoms with van der Waals surface area (Å²) in [5, 5.41) is 8.83. The lowest BCUT2D eigenvalue weighted by atomic mass is 10.1. The van der Waals surface area contributed by atoms with Gasteiger partial charge in [-0.05, 0) is 67.9 Å². The maximum Gasteiger partial charge on any atom is 0.251 e. The van der Waals surface area contributed by atoms with Gasteiger partial charge < -0.3 is 20.7 Å². The predicted molar refractivity (Wildman–Crippen MR) is 124 cm³/mol. The summed E-state index contributed by atoms with van der Waals surface area (Å²) < 4.78 is 5.75. The Bertz CT molecular complexity index is 1000. The normalized spacial score (nSPS) is 11.3. The summed E-state index contributed by atoms with van der Waals surface area (Å²) in [6.07, 6.45) is 0.864. The fourth-order valence-electron chi connectivity index (χ4n) is 2.80. The maximum atomic E-state index is 12.3. The zero-order chi connectivity index (χ0) is 22.1. The van der Waals surface area contributed by atoms with Crippen LogP contribution in [-0.2, 0) is 4.79 Å². The minimum absolute atomic E-state index is 0.0820. The number of anilines is 2. The largest absolute Gasteiger partial charge is 0.457 e. The Kier molecular flexibility index (Phi) is 7.65. The van der Waals surface area contributed by atoms with Crippen molar-refractivity contribution in [3.05, 3.63) is 84.4 Å². The van der Waals surface area contributed by atoms with Gasteiger partial charge in [0, 0.05) is 23.0 Å². The summed E-state index contributed by atoms with van der Waals surface area (Å²) in [6, 6.07) is 23.9. The molecule has 3 N–H and O–H groups in total. The molecule has 1 atom stereocenters. The minimum Gasteiger partial charge on any atom is -0.457 e. The van der Waals surface area contributed by atoms with Crippen LogP contribution in [0.3, 0.4) is 0 Å². The topological polar surface area (TPSA) is 79.5 Å². The molecule has 0 saturated carbocycles. The van der Waals surface area contributed by atoms with Gasteiger partial charge in [0.25, 0.3) is 5.91 Å². The second-order valence-corrected chi connectivity index (χ2v) is 7.20. The predicted octanol–water partition coefficient (Wildman–Crippen LogP) is 5.06. The average molecular weight is 418 g/mol. The molecule has 160 valence electrons. The second kappa shape index (κ2) is 10.8. The Labute approximate surface area is 182 Å². The zero-order valence-corrected chi connectivity index (χ0v) is 17.7. The summed E-state index contributed by atoms with van der Waals surface area (Å²) >= 11 is 0. The van der Waals surface area contributed by atoms with E-state index in [0.717, 1.165) is 12.2 Å². The van der Waals surface area contributed by atoms with E-state index < -0.39 is 0 Å². The van der Waals surface area contributed by atoms with Gasteiger partial charge in [-0.2, -0.15) is 0 Å². The Morgan fingerprint density at radius 2 is 1.58 bits per heavy atom. The smallest absolute Gasteiger partial charge is 0.251 e. The van der Waals surface area contributed by atoms with Crippen molar-refractivity contribution in [2.75, 3.05) is 17.2 Å². The van der Waals surface area contributed by atoms with Crippen molar-refractivity contribution in [2.45, 2.75) is 26.3 Å². The molecule has 2 amide bonds. The highest BCUT2D eigenvalue weighted by Crippen LogP contribution is 2.22. The molecule has 6 nitrogen and oxygen atoms in total. The molecule has 0 aliphatic carbocycles. The number of nitrogens with one attached hydrogen (secondary N) is 3. The van der Waals surface area contributed by atoms with E-state index in [1.807, 2.05) is 50.2 Å². The standard InChI is InChI=1S/C25H27N3O3/c1-3-18(2)27-25(30)19-8-7-9-21(16-19)26-17-24(29)28-20-12-14-23(15-13-20)31-22-10-5-4-6-11-22/h4-16,18,26H,3,17H2,1-2H3,(H,27,30)(H,28,29). The van der Waals surface area contributed by atoms with Crippen molar-refractivity contribution >= 4 is 23.2 Å². The van der Waals surface area contributed by atoms with E-state index in [2.05, 4.69) is 16.0 Å². The van der Waals surface area contributed by atoms with E-state index in [1.165, 1.54) is 0 Å². The highest BCUT2D eigenvalue weighted by atomic mass is 16.5. The number of benzene rings is 3. The third-order valence-corrected chi connectivity index (χ3v) is 4.68. The molecule has 3 rings (SSSR count). The minimum atomic E-state index is -0.189. The van der Waals surface area contributed by atoms with Gasteiger partial charge in [-0.1, -0.05) is 31.2 Å². The van der Waals surface area contributed by atoms with Gasteiger partial charge in [0.15, 0.2) is 0 Å². The molecule has 0 radical (unpaired) electrons. The Morgan fingerprint density at radius 3 is 2.29 bits per heavy atom. The number of carbonyl (C=O) groups excluding carboxylic acids is 2. The average Bonchev–Trinajstić information content (AvgIpc) is 2.80. The van der Waals surface area contributed by atoms with E-state index in [9.17, 15) is 9.59 Å². The molecule has 0 aliphatic rings. The first-order valence-electron chi connectivity index (χ1n) is 10.3. The van der Waals surface area contributed by atoms with Crippen LogP contribution in [0.4, 0.5) is 11.4 Å². The van der Waals surface area contributed by atoms with Gasteiger partial charge in [-0.15, -0.1) is 0 Å². The maximum absolute atomic E-state index is 12.3. The molecule has 0 spiro atoms. The van der Waals surface area contributed by atoms with E-state index in [1.54, 1.807) is 42.5 Å². The Hall–Kier alpha value is -3.80. The molecule has 6 heteroatoms. The summed E-state index contributed by atoms with van der Waals surface area (Å²) in [7, 11) is 0. The van der Waals surface area contributed by atoms with E-state index >= 15 is 0 Å². The van der Waals surface area contributed by atoms with Gasteiger partial charge >= 0.3 is 0 Å². The highest BCUT2D eigenvalue weighted by molar-refractivity contribution is 5.96. The molecule has 3 aromatic rings. The summed E-state index contributed by atoms with van der Waals surface area (Å²) in [5.74, 6) is 1.13. The first kappa shape index (κ1) is 21.9. The summed E-state index contributed by atoms with van der Waals surface area (Å²) in [6.45, 7) is 4.06. The van der Waals surface area contributed by atoms with Crippen LogP contribution >= 0.6 is 0 Å². The molecule has 31 heavy (non-hydrogen) atoms. The lowest BCUT2D eigenvalue weighted by Crippen LogP contribution is -2.31. The third kappa shape index (κ3) is 6.89. The number of hydrogen-bond acceptors (Lipinski definition) is 4. The van der Waals surface area contributed by atoms with Gasteiger partial charge in [-0.25, -0.2) is 0 Å². The quantitative estimate of drug-likeness (QED) is 0.455. The molecule has 1 unspecified atom stereocenters. The first-order chi connectivity index (χ1) is 15.0. The fourth-order valence-corrected chi connectivity index (χ4v) is 2.80. The van der Waals surface area contributed by atoms with E-state index in [4.69, 9.17) is 4.74 Å². The highest BCUT2D eigenvalue weighted by Gasteiger charge is 2.09. The first-order valence-corrected chi connectivity index (χ1v) is 10.3. The third-order valence-electron chi connectivity index (χ3n) is 4.68. The zero-order valence-electron chi connectivity index (χ0n) is 17.7. The van der Waals surface area contributed by atoms with Crippen LogP contribution in [0.25, 0.3) is 0 Å². The number of ether oxygens (including phenoxy) is 1. The van der Waals surface area contributed by atoms with Gasteiger partial charge in [0.05, 0.1) is 6.54 Å². The molecular formula is C25H27N3O3. The number of rotatable bonds is 9. The lowest BCUT2D eigenvalue weighted by Gasteiger charge is -2.13. The van der Waals surface area contributed by atoms with Crippen LogP contribution < -0.4 is 20.7 Å². The Balaban J connectivity index is 1.50. The van der Waals surface area contributed by atoms with Crippen molar-refractivity contribution in [1.29, 1.82) is 0 Å². The van der Waals surface area contributed by atoms with Crippen molar-refractivity contribution in [1.82, 2.24) is 5.32 Å². The summed E-state index contributed by atoms with van der Waals surface area (Å²) in [5.41, 5.74) is 1.94. The van der Waals surface area contributed by atoms with Crippen molar-refractivity contribution in [3.8, 4) is 11.5 Å². The van der Waals surface area contributed by atoms with Crippen molar-refractivity contribution in [2.24, 2.45) is 0 Å². The molecule has 0 bridgehead atoms. The summed E-state index contributed by atoms with van der Waals surface area (Å²) in [4.78, 5) is 24.5. The Morgan fingerprint density at radius 1 is 0.871 bits per heavy atom. The molecule has 3 aromatic carbocycles. The van der Waals surface area contributed by atoms with Crippen LogP contribution in [0.2, 0.25) is 0 Å². The van der Waals surface area contributed by atoms with E-state index in [0.29, 0.717) is 22.7 Å². The second-order valence-electron chi connectivity index (χ2n) is 7.20. The molecular weight excluding hydrogens is 390 g/mol. The fraction of sp³-hybridized carbons (Fsp3) is 0.200. The van der Waals surface area contributed by atoms with Gasteiger partial charge in [0.1, 0.15) is 11.5 Å². The van der Waals surface area contributed by atoms with Crippen molar-refractivity contribution < 1.29 is 14.3 Å². The van der Waals surface area contributed by atoms with Crippen LogP contribution in [-0.4, -0.2) is 24.4 Å². The van der Waals surface area contributed by atoms with Crippen LogP contribution in [0, 0.1) is 0 Å². The number of amides is 2. The molecule has 0 heterocycles. The lowest BCUT2D eigenvalue weighted by molar-refractivity contribution is -0.114. The van der Waals surface area contributed by atoms with E-state index in [-0.39, 0.29) is 24.4 Å².